The van der Waals surface area contributed by atoms with Gasteiger partial charge in [-0.15, -0.1) is 0 Å². The predicted molar refractivity (Wildman–Crippen MR) is 154 cm³/mol. The number of fused-ring (bicyclic) bond motifs is 1. The van der Waals surface area contributed by atoms with E-state index in [1.54, 1.807) is 4.90 Å². The summed E-state index contributed by atoms with van der Waals surface area (Å²) in [5.41, 5.74) is 6.90. The SMILES string of the molecule is CC.Nc1nc(CCCC2CCN(C(=O)OCC3CC(=O)C3)CC2)nc2c1ncn2[C@@H]1O[C@H](C(=O)NC2CC2)[C@H](O)C1O. The standard InChI is InChI=1S/C27H37N7O7.C2H6/c28-23-19-24(34(13-29-19)26-21(37)20(36)22(41-26)25(38)30-16-4-5-16)32-18(31-23)3-1-2-14-6-8-33(9-7-14)27(39)40-12-15-10-17(35)11-15;1-2/h13-16,20-22,26,36-37H,1-12H2,(H,30,38)(H2,28,31,32);1-2H3/t20-,21?,22+,26-;/m1./s1. The number of nitrogens with zero attached hydrogens (tertiary/aromatic N) is 5. The third-order valence-corrected chi connectivity index (χ3v) is 8.55. The van der Waals surface area contributed by atoms with Crippen molar-refractivity contribution in [1.82, 2.24) is 29.7 Å². The monoisotopic (exact) mass is 601 g/mol. The number of likely N-dealkylation sites (tertiary alicyclic amines) is 1. The lowest BCUT2D eigenvalue weighted by atomic mass is 9.85. The van der Waals surface area contributed by atoms with E-state index in [9.17, 15) is 24.6 Å². The molecular weight excluding hydrogens is 558 g/mol. The summed E-state index contributed by atoms with van der Waals surface area (Å²) in [7, 11) is 0. The van der Waals surface area contributed by atoms with Crippen molar-refractivity contribution in [2.24, 2.45) is 11.8 Å². The highest BCUT2D eigenvalue weighted by atomic mass is 16.6. The first-order valence-electron chi connectivity index (χ1n) is 15.5. The van der Waals surface area contributed by atoms with Crippen molar-refractivity contribution in [3.05, 3.63) is 12.2 Å². The number of ether oxygens (including phenoxy) is 2. The van der Waals surface area contributed by atoms with Crippen molar-refractivity contribution in [3.63, 3.8) is 0 Å². The van der Waals surface area contributed by atoms with Gasteiger partial charge in [0.2, 0.25) is 0 Å². The molecule has 4 aliphatic rings. The quantitative estimate of drug-likeness (QED) is 0.325. The largest absolute Gasteiger partial charge is 0.449 e. The Labute approximate surface area is 250 Å². The van der Waals surface area contributed by atoms with Gasteiger partial charge in [-0.1, -0.05) is 13.8 Å². The summed E-state index contributed by atoms with van der Waals surface area (Å²) in [5.74, 6) is 1.17. The molecule has 2 saturated carbocycles. The number of rotatable bonds is 9. The first kappa shape index (κ1) is 31.1. The second-order valence-corrected chi connectivity index (χ2v) is 11.8. The number of amides is 2. The average molecular weight is 602 g/mol. The maximum atomic E-state index is 12.5. The van der Waals surface area contributed by atoms with Crippen LogP contribution in [0.3, 0.4) is 0 Å². The molecule has 5 N–H and O–H groups in total. The van der Waals surface area contributed by atoms with E-state index in [4.69, 9.17) is 15.2 Å². The average Bonchev–Trinajstić information content (AvgIpc) is 3.63. The number of anilines is 1. The third kappa shape index (κ3) is 7.07. The molecule has 2 aliphatic carbocycles. The minimum Gasteiger partial charge on any atom is -0.449 e. The Morgan fingerprint density at radius 1 is 1.09 bits per heavy atom. The van der Waals surface area contributed by atoms with Gasteiger partial charge >= 0.3 is 6.09 Å². The molecule has 6 rings (SSSR count). The molecule has 2 amide bonds. The molecule has 4 fully saturated rings. The predicted octanol–water partition coefficient (Wildman–Crippen LogP) is 1.48. The van der Waals surface area contributed by atoms with Gasteiger partial charge in [-0.05, 0) is 44.4 Å². The van der Waals surface area contributed by atoms with E-state index in [1.807, 2.05) is 13.8 Å². The van der Waals surface area contributed by atoms with Crippen LogP contribution in [0.15, 0.2) is 6.33 Å². The van der Waals surface area contributed by atoms with E-state index in [1.165, 1.54) is 10.9 Å². The van der Waals surface area contributed by atoms with E-state index in [0.717, 1.165) is 38.5 Å². The number of aliphatic hydroxyl groups is 2. The zero-order chi connectivity index (χ0) is 30.7. The second-order valence-electron chi connectivity index (χ2n) is 11.8. The molecule has 0 aromatic carbocycles. The zero-order valence-electron chi connectivity index (χ0n) is 24.9. The number of Topliss-reactive ketones (excluding diaryl/α,β-unsaturated/α-hetero) is 1. The third-order valence-electron chi connectivity index (χ3n) is 8.55. The number of imidazole rings is 1. The molecule has 236 valence electrons. The van der Waals surface area contributed by atoms with Gasteiger partial charge in [0.15, 0.2) is 23.8 Å². The molecule has 4 atom stereocenters. The number of nitrogens with two attached hydrogens (primary N) is 1. The molecule has 1 unspecified atom stereocenters. The summed E-state index contributed by atoms with van der Waals surface area (Å²) in [6.45, 7) is 5.62. The van der Waals surface area contributed by atoms with Crippen molar-refractivity contribution in [2.75, 3.05) is 25.4 Å². The van der Waals surface area contributed by atoms with Crippen molar-refractivity contribution in [1.29, 1.82) is 0 Å². The van der Waals surface area contributed by atoms with E-state index in [-0.39, 0.29) is 29.7 Å². The van der Waals surface area contributed by atoms with Gasteiger partial charge in [-0.25, -0.2) is 19.7 Å². The van der Waals surface area contributed by atoms with Crippen LogP contribution in [-0.4, -0.2) is 96.5 Å². The number of aliphatic hydroxyl groups excluding tert-OH is 2. The van der Waals surface area contributed by atoms with Gasteiger partial charge in [-0.3, -0.25) is 14.2 Å². The van der Waals surface area contributed by atoms with Crippen LogP contribution >= 0.6 is 0 Å². The number of hydrogen-bond donors (Lipinski definition) is 4. The van der Waals surface area contributed by atoms with Crippen molar-refractivity contribution in [3.8, 4) is 0 Å². The first-order valence-corrected chi connectivity index (χ1v) is 15.5. The summed E-state index contributed by atoms with van der Waals surface area (Å²) in [4.78, 5) is 51.0. The topological polar surface area (TPSA) is 195 Å². The van der Waals surface area contributed by atoms with Crippen molar-refractivity contribution in [2.45, 2.75) is 102 Å². The van der Waals surface area contributed by atoms with Gasteiger partial charge in [-0.2, -0.15) is 0 Å². The Bertz CT molecular complexity index is 1300. The number of piperidine rings is 1. The van der Waals surface area contributed by atoms with Gasteiger partial charge in [0.25, 0.3) is 5.91 Å². The molecule has 0 spiro atoms. The molecule has 14 nitrogen and oxygen atoms in total. The van der Waals surface area contributed by atoms with Gasteiger partial charge in [0, 0.05) is 44.3 Å². The molecule has 2 aromatic rings. The second kappa shape index (κ2) is 13.5. The van der Waals surface area contributed by atoms with E-state index < -0.39 is 30.4 Å². The highest BCUT2D eigenvalue weighted by Gasteiger charge is 2.48. The fraction of sp³-hybridized carbons (Fsp3) is 0.724. The maximum Gasteiger partial charge on any atom is 0.409 e. The fourth-order valence-corrected chi connectivity index (χ4v) is 5.84. The van der Waals surface area contributed by atoms with Crippen LogP contribution in [0.25, 0.3) is 11.2 Å². The minimum absolute atomic E-state index is 0.0957. The molecule has 0 radical (unpaired) electrons. The lowest BCUT2D eigenvalue weighted by Crippen LogP contribution is -2.43. The summed E-state index contributed by atoms with van der Waals surface area (Å²) in [6.07, 6.45) is 3.07. The molecular formula is C29H43N7O7. The van der Waals surface area contributed by atoms with Gasteiger partial charge in [0.05, 0.1) is 12.9 Å². The number of nitrogens with one attached hydrogen (secondary N) is 1. The zero-order valence-corrected chi connectivity index (χ0v) is 24.9. The molecule has 4 heterocycles. The number of carbonyl (C=O) groups is 3. The molecule has 0 bridgehead atoms. The minimum atomic E-state index is -1.39. The fourth-order valence-electron chi connectivity index (χ4n) is 5.84. The number of hydrogen-bond acceptors (Lipinski definition) is 11. The highest BCUT2D eigenvalue weighted by Crippen LogP contribution is 2.33. The molecule has 14 heteroatoms. The highest BCUT2D eigenvalue weighted by molar-refractivity contribution is 5.84. The van der Waals surface area contributed by atoms with Gasteiger partial charge in [0.1, 0.15) is 29.3 Å². The van der Waals surface area contributed by atoms with Crippen LogP contribution in [0.4, 0.5) is 10.6 Å². The summed E-state index contributed by atoms with van der Waals surface area (Å²) in [5, 5.41) is 24.0. The Morgan fingerprint density at radius 2 is 1.81 bits per heavy atom. The Hall–Kier alpha value is -3.36. The summed E-state index contributed by atoms with van der Waals surface area (Å²) >= 11 is 0. The lowest BCUT2D eigenvalue weighted by Gasteiger charge is -2.32. The van der Waals surface area contributed by atoms with Crippen LogP contribution in [0.2, 0.25) is 0 Å². The number of aryl methyl sites for hydroxylation is 1. The molecule has 2 aliphatic heterocycles. The summed E-state index contributed by atoms with van der Waals surface area (Å²) in [6, 6.07) is 0.0957. The number of aromatic nitrogens is 4. The van der Waals surface area contributed by atoms with Crippen molar-refractivity contribution >= 4 is 34.8 Å². The van der Waals surface area contributed by atoms with E-state index >= 15 is 0 Å². The Balaban J connectivity index is 0.00000180. The smallest absolute Gasteiger partial charge is 0.409 e. The molecule has 2 aromatic heterocycles. The Kier molecular flexibility index (Phi) is 9.77. The number of carbonyl (C=O) groups excluding carboxylic acids is 3. The van der Waals surface area contributed by atoms with Crippen LogP contribution in [0, 0.1) is 11.8 Å². The lowest BCUT2D eigenvalue weighted by molar-refractivity contribution is -0.137. The maximum absolute atomic E-state index is 12.5. The van der Waals surface area contributed by atoms with E-state index in [2.05, 4.69) is 20.3 Å². The number of ketones is 1. The first-order chi connectivity index (χ1) is 20.8. The summed E-state index contributed by atoms with van der Waals surface area (Å²) < 4.78 is 12.7. The van der Waals surface area contributed by atoms with Gasteiger partial charge < -0.3 is 35.6 Å². The van der Waals surface area contributed by atoms with Crippen LogP contribution in [0.5, 0.6) is 0 Å². The van der Waals surface area contributed by atoms with Crippen LogP contribution in [-0.2, 0) is 25.5 Å². The Morgan fingerprint density at radius 3 is 2.49 bits per heavy atom. The molecule has 2 saturated heterocycles. The van der Waals surface area contributed by atoms with Crippen LogP contribution in [0.1, 0.15) is 77.3 Å². The molecule has 43 heavy (non-hydrogen) atoms. The van der Waals surface area contributed by atoms with Crippen LogP contribution < -0.4 is 11.1 Å². The normalized spacial score (nSPS) is 26.1. The van der Waals surface area contributed by atoms with Crippen molar-refractivity contribution < 1.29 is 34.1 Å². The van der Waals surface area contributed by atoms with E-state index in [0.29, 0.717) is 61.9 Å². The number of nitrogen functional groups attached to an aromatic ring is 1.